The first-order valence-corrected chi connectivity index (χ1v) is 10.4. The molecule has 1 fully saturated rings. The number of nitrogens with zero attached hydrogens (tertiary/aromatic N) is 3. The molecule has 2 aromatic rings. The number of carbonyl (C=O) groups is 1. The first-order chi connectivity index (χ1) is 15.3. The van der Waals surface area contributed by atoms with E-state index in [1.807, 2.05) is 12.1 Å². The monoisotopic (exact) mass is 448 g/mol. The minimum Gasteiger partial charge on any atom is -0.369 e. The van der Waals surface area contributed by atoms with Gasteiger partial charge in [0.05, 0.1) is 5.56 Å². The van der Waals surface area contributed by atoms with Crippen LogP contribution in [0.4, 0.5) is 19.0 Å². The van der Waals surface area contributed by atoms with Gasteiger partial charge < -0.3 is 21.3 Å². The molecular weight excluding hydrogens is 421 g/mol. The van der Waals surface area contributed by atoms with Crippen LogP contribution in [-0.4, -0.2) is 37.0 Å². The molecule has 0 bridgehead atoms. The zero-order valence-corrected chi connectivity index (χ0v) is 17.8. The molecule has 0 aliphatic carbocycles. The molecule has 0 spiro atoms. The van der Waals surface area contributed by atoms with E-state index in [4.69, 9.17) is 5.73 Å². The second-order valence-corrected chi connectivity index (χ2v) is 7.62. The predicted octanol–water partition coefficient (Wildman–Crippen LogP) is 2.67. The molecule has 1 aromatic carbocycles. The number of carbonyl (C=O) groups excluding carboxylic acids is 1. The van der Waals surface area contributed by atoms with Crippen LogP contribution in [0.2, 0.25) is 0 Å². The van der Waals surface area contributed by atoms with Crippen LogP contribution in [0.15, 0.2) is 47.6 Å². The molecule has 1 aromatic heterocycles. The zero-order valence-electron chi connectivity index (χ0n) is 17.8. The molecule has 172 valence electrons. The molecule has 0 radical (unpaired) electrons. The van der Waals surface area contributed by atoms with E-state index in [0.29, 0.717) is 50.5 Å². The standard InChI is InChI=1S/C22H27F3N6O/c1-27-21(29-13-15-4-6-18(7-5-15)22(23,24)25)30-14-17-3-2-10-28-20(17)31-11-8-16(9-12-31)19(26)32/h2-7,10,16H,8-9,11-14H2,1H3,(H2,26,32)(H2,27,29,30). The van der Waals surface area contributed by atoms with Crippen LogP contribution < -0.4 is 21.3 Å². The number of nitrogens with two attached hydrogens (primary N) is 1. The highest BCUT2D eigenvalue weighted by Gasteiger charge is 2.30. The number of hydrogen-bond donors (Lipinski definition) is 3. The third-order valence-electron chi connectivity index (χ3n) is 5.48. The predicted molar refractivity (Wildman–Crippen MR) is 117 cm³/mol. The summed E-state index contributed by atoms with van der Waals surface area (Å²) in [5.74, 6) is 1.02. The van der Waals surface area contributed by atoms with Crippen LogP contribution in [0.3, 0.4) is 0 Å². The van der Waals surface area contributed by atoms with Gasteiger partial charge in [0.25, 0.3) is 0 Å². The van der Waals surface area contributed by atoms with Gasteiger partial charge in [0.15, 0.2) is 5.96 Å². The summed E-state index contributed by atoms with van der Waals surface area (Å²) in [7, 11) is 1.63. The van der Waals surface area contributed by atoms with Crippen molar-refractivity contribution in [1.29, 1.82) is 0 Å². The highest BCUT2D eigenvalue weighted by Crippen LogP contribution is 2.29. The van der Waals surface area contributed by atoms with E-state index in [1.54, 1.807) is 13.2 Å². The molecule has 1 aliphatic rings. The highest BCUT2D eigenvalue weighted by atomic mass is 19.4. The van der Waals surface area contributed by atoms with Crippen molar-refractivity contribution in [2.45, 2.75) is 32.1 Å². The lowest BCUT2D eigenvalue weighted by atomic mass is 9.96. The Morgan fingerprint density at radius 3 is 2.41 bits per heavy atom. The molecule has 1 amide bonds. The molecule has 3 rings (SSSR count). The van der Waals surface area contributed by atoms with Gasteiger partial charge in [0, 0.05) is 50.9 Å². The zero-order chi connectivity index (χ0) is 23.1. The molecule has 0 atom stereocenters. The number of anilines is 1. The van der Waals surface area contributed by atoms with Crippen molar-refractivity contribution in [3.8, 4) is 0 Å². The first kappa shape index (κ1) is 23.4. The topological polar surface area (TPSA) is 95.6 Å². The van der Waals surface area contributed by atoms with Crippen molar-refractivity contribution < 1.29 is 18.0 Å². The molecule has 0 unspecified atom stereocenters. The largest absolute Gasteiger partial charge is 0.416 e. The fraction of sp³-hybridized carbons (Fsp3) is 0.409. The van der Waals surface area contributed by atoms with Gasteiger partial charge in [-0.05, 0) is 36.6 Å². The third kappa shape index (κ3) is 6.12. The maximum absolute atomic E-state index is 12.7. The number of alkyl halides is 3. The fourth-order valence-electron chi connectivity index (χ4n) is 3.63. The Morgan fingerprint density at radius 1 is 1.16 bits per heavy atom. The lowest BCUT2D eigenvalue weighted by molar-refractivity contribution is -0.137. The molecule has 1 saturated heterocycles. The van der Waals surface area contributed by atoms with Gasteiger partial charge >= 0.3 is 6.18 Å². The minimum absolute atomic E-state index is 0.0928. The molecule has 1 aliphatic heterocycles. The van der Waals surface area contributed by atoms with E-state index < -0.39 is 11.7 Å². The van der Waals surface area contributed by atoms with Gasteiger partial charge in [0.2, 0.25) is 5.91 Å². The van der Waals surface area contributed by atoms with Crippen molar-refractivity contribution in [2.75, 3.05) is 25.0 Å². The van der Waals surface area contributed by atoms with Gasteiger partial charge in [-0.25, -0.2) is 4.98 Å². The normalized spacial score (nSPS) is 15.5. The van der Waals surface area contributed by atoms with E-state index in [-0.39, 0.29) is 11.8 Å². The van der Waals surface area contributed by atoms with Crippen molar-refractivity contribution in [1.82, 2.24) is 15.6 Å². The SMILES string of the molecule is CN=C(NCc1ccc(C(F)(F)F)cc1)NCc1cccnc1N1CCC(C(N)=O)CC1. The summed E-state index contributed by atoms with van der Waals surface area (Å²) in [4.78, 5) is 22.2. The number of hydrogen-bond acceptors (Lipinski definition) is 4. The van der Waals surface area contributed by atoms with E-state index in [2.05, 4.69) is 25.5 Å². The number of nitrogens with one attached hydrogen (secondary N) is 2. The lowest BCUT2D eigenvalue weighted by Crippen LogP contribution is -2.40. The number of rotatable bonds is 6. The Kier molecular flexibility index (Phi) is 7.55. The maximum atomic E-state index is 12.7. The Morgan fingerprint density at radius 2 is 1.81 bits per heavy atom. The fourth-order valence-corrected chi connectivity index (χ4v) is 3.63. The molecule has 4 N–H and O–H groups in total. The summed E-state index contributed by atoms with van der Waals surface area (Å²) in [6.07, 6.45) is -1.21. The van der Waals surface area contributed by atoms with Crippen LogP contribution >= 0.6 is 0 Å². The summed E-state index contributed by atoms with van der Waals surface area (Å²) in [6.45, 7) is 2.21. The van der Waals surface area contributed by atoms with Gasteiger partial charge in [0.1, 0.15) is 5.82 Å². The molecule has 7 nitrogen and oxygen atoms in total. The number of guanidine groups is 1. The van der Waals surface area contributed by atoms with Crippen LogP contribution in [0.25, 0.3) is 0 Å². The summed E-state index contributed by atoms with van der Waals surface area (Å²) in [6, 6.07) is 8.84. The van der Waals surface area contributed by atoms with Gasteiger partial charge in [-0.3, -0.25) is 9.79 Å². The van der Waals surface area contributed by atoms with Crippen LogP contribution in [0.1, 0.15) is 29.5 Å². The van der Waals surface area contributed by atoms with Crippen LogP contribution in [-0.2, 0) is 24.1 Å². The number of benzene rings is 1. The Bertz CT molecular complexity index is 937. The molecule has 0 saturated carbocycles. The smallest absolute Gasteiger partial charge is 0.369 e. The second-order valence-electron chi connectivity index (χ2n) is 7.62. The maximum Gasteiger partial charge on any atom is 0.416 e. The number of halogens is 3. The highest BCUT2D eigenvalue weighted by molar-refractivity contribution is 5.79. The Balaban J connectivity index is 1.56. The molecular formula is C22H27F3N6O. The number of amides is 1. The second kappa shape index (κ2) is 10.3. The first-order valence-electron chi connectivity index (χ1n) is 10.4. The van der Waals surface area contributed by atoms with Crippen molar-refractivity contribution in [3.05, 3.63) is 59.3 Å². The summed E-state index contributed by atoms with van der Waals surface area (Å²) >= 11 is 0. The van der Waals surface area contributed by atoms with E-state index in [9.17, 15) is 18.0 Å². The number of aliphatic imine (C=N–C) groups is 1. The molecule has 32 heavy (non-hydrogen) atoms. The van der Waals surface area contributed by atoms with Gasteiger partial charge in [-0.2, -0.15) is 13.2 Å². The number of pyridine rings is 1. The third-order valence-corrected chi connectivity index (χ3v) is 5.48. The Hall–Kier alpha value is -3.30. The Labute approximate surface area is 184 Å². The van der Waals surface area contributed by atoms with Crippen molar-refractivity contribution in [3.63, 3.8) is 0 Å². The summed E-state index contributed by atoms with van der Waals surface area (Å²) < 4.78 is 38.1. The van der Waals surface area contributed by atoms with Crippen LogP contribution in [0, 0.1) is 5.92 Å². The number of aromatic nitrogens is 1. The number of primary amides is 1. The summed E-state index contributed by atoms with van der Waals surface area (Å²) in [5.41, 5.74) is 6.43. The summed E-state index contributed by atoms with van der Waals surface area (Å²) in [5, 5.41) is 6.32. The average Bonchev–Trinajstić information content (AvgIpc) is 2.79. The van der Waals surface area contributed by atoms with E-state index in [1.165, 1.54) is 12.1 Å². The van der Waals surface area contributed by atoms with Gasteiger partial charge in [-0.15, -0.1) is 0 Å². The quantitative estimate of drug-likeness (QED) is 0.467. The number of piperidine rings is 1. The average molecular weight is 448 g/mol. The lowest BCUT2D eigenvalue weighted by Gasteiger charge is -2.32. The van der Waals surface area contributed by atoms with E-state index >= 15 is 0 Å². The molecule has 10 heteroatoms. The molecule has 2 heterocycles. The van der Waals surface area contributed by atoms with Gasteiger partial charge in [-0.1, -0.05) is 18.2 Å². The van der Waals surface area contributed by atoms with Crippen molar-refractivity contribution >= 4 is 17.7 Å². The van der Waals surface area contributed by atoms with Crippen molar-refractivity contribution in [2.24, 2.45) is 16.6 Å². The van der Waals surface area contributed by atoms with Crippen LogP contribution in [0.5, 0.6) is 0 Å². The van der Waals surface area contributed by atoms with E-state index in [0.717, 1.165) is 23.5 Å². The minimum atomic E-state index is -4.35.